The zero-order valence-corrected chi connectivity index (χ0v) is 18.2. The van der Waals surface area contributed by atoms with Crippen LogP contribution in [0.15, 0.2) is 84.9 Å². The lowest BCUT2D eigenvalue weighted by atomic mass is 10.1. The summed E-state index contributed by atoms with van der Waals surface area (Å²) in [6.45, 7) is 4.59. The monoisotopic (exact) mass is 390 g/mol. The summed E-state index contributed by atoms with van der Waals surface area (Å²) >= 11 is 0. The van der Waals surface area contributed by atoms with Crippen LogP contribution in [0.4, 0.5) is 0 Å². The normalized spacial score (nSPS) is 15.3. The van der Waals surface area contributed by atoms with Gasteiger partial charge in [0.15, 0.2) is 15.2 Å². The van der Waals surface area contributed by atoms with Crippen molar-refractivity contribution in [3.8, 4) is 23.9 Å². The third-order valence-electron chi connectivity index (χ3n) is 6.23. The molecule has 2 atom stereocenters. The molecule has 2 heteroatoms. The Morgan fingerprint density at radius 3 is 1.29 bits per heavy atom. The van der Waals surface area contributed by atoms with Crippen LogP contribution in [0, 0.1) is 23.9 Å². The van der Waals surface area contributed by atoms with Crippen LogP contribution >= 0.6 is 0 Å². The van der Waals surface area contributed by atoms with Crippen molar-refractivity contribution in [1.29, 1.82) is 0 Å². The highest BCUT2D eigenvalue weighted by atomic mass is 29.3. The van der Waals surface area contributed by atoms with E-state index in [2.05, 4.69) is 109 Å². The number of benzene rings is 4. The van der Waals surface area contributed by atoms with Gasteiger partial charge >= 0.3 is 0 Å². The summed E-state index contributed by atoms with van der Waals surface area (Å²) < 4.78 is 0. The second-order valence-corrected chi connectivity index (χ2v) is 19.7. The molecule has 0 radical (unpaired) electrons. The Labute approximate surface area is 169 Å². The van der Waals surface area contributed by atoms with Gasteiger partial charge < -0.3 is 0 Å². The minimum Gasteiger partial charge on any atom is -0.131 e. The van der Waals surface area contributed by atoms with Gasteiger partial charge in [0.25, 0.3) is 0 Å². The highest BCUT2D eigenvalue weighted by Crippen LogP contribution is 2.25. The van der Waals surface area contributed by atoms with Crippen LogP contribution in [0.3, 0.4) is 0 Å². The van der Waals surface area contributed by atoms with Gasteiger partial charge in [-0.15, -0.1) is 23.9 Å². The Hall–Kier alpha value is -3.05. The van der Waals surface area contributed by atoms with E-state index in [1.165, 1.54) is 31.9 Å². The summed E-state index contributed by atoms with van der Waals surface area (Å²) in [6, 6.07) is 29.9. The van der Waals surface area contributed by atoms with Gasteiger partial charge in [-0.2, -0.15) is 0 Å². The van der Waals surface area contributed by atoms with Crippen molar-refractivity contribution in [1.82, 2.24) is 0 Å². The number of hydrogen-bond donors (Lipinski definition) is 0. The quantitative estimate of drug-likeness (QED) is 0.352. The zero-order valence-electron chi connectivity index (χ0n) is 16.2. The first-order chi connectivity index (χ1) is 13.5. The maximum atomic E-state index is 6.32. The van der Waals surface area contributed by atoms with Crippen molar-refractivity contribution in [2.24, 2.45) is 0 Å². The molecule has 0 fully saturated rings. The Balaban J connectivity index is 2.07. The van der Waals surface area contributed by atoms with Gasteiger partial charge in [0.05, 0.1) is 0 Å². The first kappa shape index (κ1) is 18.3. The molecule has 0 saturated heterocycles. The fourth-order valence-electron chi connectivity index (χ4n) is 4.31. The van der Waals surface area contributed by atoms with Gasteiger partial charge in [0.1, 0.15) is 0 Å². The zero-order chi connectivity index (χ0) is 19.8. The summed E-state index contributed by atoms with van der Waals surface area (Å²) in [6.07, 6.45) is 12.6. The van der Waals surface area contributed by atoms with E-state index in [9.17, 15) is 0 Å². The van der Waals surface area contributed by atoms with E-state index < -0.39 is 15.2 Å². The average molecular weight is 391 g/mol. The molecule has 0 aliphatic heterocycles. The molecule has 0 saturated carbocycles. The summed E-state index contributed by atoms with van der Waals surface area (Å²) in [4.78, 5) is 0. The van der Waals surface area contributed by atoms with Gasteiger partial charge in [0.2, 0.25) is 0 Å². The molecule has 0 nitrogen and oxygen atoms in total. The lowest BCUT2D eigenvalue weighted by Crippen LogP contribution is -2.71. The summed E-state index contributed by atoms with van der Waals surface area (Å²) in [5.74, 6) is 0. The molecule has 4 aromatic rings. The third kappa shape index (κ3) is 2.54. The Morgan fingerprint density at radius 2 is 0.893 bits per heavy atom. The van der Waals surface area contributed by atoms with E-state index in [0.717, 1.165) is 0 Å². The third-order valence-corrected chi connectivity index (χ3v) is 20.9. The molecule has 0 aromatic heterocycles. The van der Waals surface area contributed by atoms with E-state index in [1.54, 1.807) is 0 Å². The summed E-state index contributed by atoms with van der Waals surface area (Å²) in [5, 5.41) is 7.50. The number of hydrogen-bond acceptors (Lipinski definition) is 0. The molecule has 0 amide bonds. The van der Waals surface area contributed by atoms with Gasteiger partial charge in [-0.25, -0.2) is 0 Å². The molecule has 0 N–H and O–H groups in total. The van der Waals surface area contributed by atoms with Gasteiger partial charge in [-0.3, -0.25) is 0 Å². The van der Waals surface area contributed by atoms with Crippen LogP contribution < -0.4 is 10.4 Å². The molecular formula is C26H22Si2. The van der Waals surface area contributed by atoms with Crippen LogP contribution in [-0.2, 0) is 0 Å². The second-order valence-electron chi connectivity index (χ2n) is 7.59. The Bertz CT molecular complexity index is 1160. The maximum absolute atomic E-state index is 6.32. The van der Waals surface area contributed by atoms with E-state index in [0.29, 0.717) is 0 Å². The highest BCUT2D eigenvalue weighted by molar-refractivity contribution is 7.56. The van der Waals surface area contributed by atoms with Gasteiger partial charge in [-0.05, 0) is 31.9 Å². The van der Waals surface area contributed by atoms with Crippen LogP contribution in [0.1, 0.15) is 0 Å². The largest absolute Gasteiger partial charge is 0.175 e. The topological polar surface area (TPSA) is 0 Å². The number of fused-ring (bicyclic) bond motifs is 2. The minimum absolute atomic E-state index is 1.22. The molecule has 2 unspecified atom stereocenters. The molecular weight excluding hydrogens is 368 g/mol. The standard InChI is InChI=1S/C26H22Si2/c1-5-27(3,25-19-11-15-21-13-7-9-17-23(21)25)28(4,6-2)26-20-12-16-22-14-8-10-18-24(22)26/h1-2,7-20H,3-4H3. The molecule has 0 aliphatic carbocycles. The van der Waals surface area contributed by atoms with E-state index in [-0.39, 0.29) is 0 Å². The van der Waals surface area contributed by atoms with Crippen LogP contribution in [0.25, 0.3) is 21.5 Å². The van der Waals surface area contributed by atoms with Gasteiger partial charge in [0, 0.05) is 0 Å². The fourth-order valence-corrected chi connectivity index (χ4v) is 14.9. The number of terminal acetylenes is 2. The predicted octanol–water partition coefficient (Wildman–Crippen LogP) is 4.69. The van der Waals surface area contributed by atoms with Gasteiger partial charge in [-0.1, -0.05) is 98.0 Å². The van der Waals surface area contributed by atoms with Crippen LogP contribution in [-0.4, -0.2) is 15.2 Å². The van der Waals surface area contributed by atoms with Crippen LogP contribution in [0.2, 0.25) is 13.1 Å². The van der Waals surface area contributed by atoms with Crippen LogP contribution in [0.5, 0.6) is 0 Å². The lowest BCUT2D eigenvalue weighted by molar-refractivity contribution is 1.75. The summed E-state index contributed by atoms with van der Waals surface area (Å²) in [7, 11) is -4.89. The number of rotatable bonds is 3. The first-order valence-corrected chi connectivity index (χ1v) is 15.5. The fraction of sp³-hybridized carbons (Fsp3) is 0.0769. The minimum atomic E-state index is -2.45. The predicted molar refractivity (Wildman–Crippen MR) is 128 cm³/mol. The SMILES string of the molecule is C#C[Si](C)(c1cccc2ccccc12)[Si](C)(C#C)c1cccc2ccccc12. The maximum Gasteiger partial charge on any atom is 0.175 e. The Kier molecular flexibility index (Phi) is 4.48. The van der Waals surface area contributed by atoms with E-state index in [4.69, 9.17) is 12.8 Å². The Morgan fingerprint density at radius 1 is 0.536 bits per heavy atom. The molecule has 134 valence electrons. The molecule has 0 aliphatic rings. The molecule has 0 spiro atoms. The van der Waals surface area contributed by atoms with Crippen molar-refractivity contribution < 1.29 is 0 Å². The van der Waals surface area contributed by atoms with Crippen molar-refractivity contribution in [2.75, 3.05) is 0 Å². The molecule has 28 heavy (non-hydrogen) atoms. The second kappa shape index (κ2) is 6.84. The van der Waals surface area contributed by atoms with E-state index in [1.807, 2.05) is 0 Å². The molecule has 4 rings (SSSR count). The van der Waals surface area contributed by atoms with Crippen molar-refractivity contribution in [3.63, 3.8) is 0 Å². The first-order valence-electron chi connectivity index (χ1n) is 9.47. The van der Waals surface area contributed by atoms with E-state index >= 15 is 0 Å². The molecule has 0 heterocycles. The summed E-state index contributed by atoms with van der Waals surface area (Å²) in [5.41, 5.74) is 6.60. The molecule has 0 bridgehead atoms. The highest BCUT2D eigenvalue weighted by Gasteiger charge is 2.51. The molecule has 4 aromatic carbocycles. The van der Waals surface area contributed by atoms with Crippen molar-refractivity contribution in [3.05, 3.63) is 84.9 Å². The van der Waals surface area contributed by atoms with Crippen molar-refractivity contribution in [2.45, 2.75) is 13.1 Å². The average Bonchev–Trinajstić information content (AvgIpc) is 2.77. The smallest absolute Gasteiger partial charge is 0.131 e. The lowest BCUT2D eigenvalue weighted by Gasteiger charge is -2.37. The van der Waals surface area contributed by atoms with Crippen molar-refractivity contribution >= 4 is 47.1 Å².